The van der Waals surface area contributed by atoms with Crippen molar-refractivity contribution in [2.24, 2.45) is 0 Å². The minimum absolute atomic E-state index is 0.0472. The summed E-state index contributed by atoms with van der Waals surface area (Å²) < 4.78 is 27.8. The number of nitrogens with zero attached hydrogens (tertiary/aromatic N) is 1. The second-order valence-corrected chi connectivity index (χ2v) is 5.82. The number of halogens is 2. The summed E-state index contributed by atoms with van der Waals surface area (Å²) in [5, 5.41) is 9.34. The number of thioether (sulfide) groups is 1. The van der Waals surface area contributed by atoms with E-state index < -0.39 is 11.6 Å². The number of aliphatic hydroxyl groups excluding tert-OH is 1. The Morgan fingerprint density at radius 1 is 1.39 bits per heavy atom. The van der Waals surface area contributed by atoms with Crippen molar-refractivity contribution < 1.29 is 13.9 Å². The van der Waals surface area contributed by atoms with E-state index in [4.69, 9.17) is 5.11 Å². The van der Waals surface area contributed by atoms with Crippen LogP contribution in [0.25, 0.3) is 0 Å². The lowest BCUT2D eigenvalue weighted by Crippen LogP contribution is -2.38. The van der Waals surface area contributed by atoms with Crippen LogP contribution in [-0.2, 0) is 6.61 Å². The first-order chi connectivity index (χ1) is 8.65. The van der Waals surface area contributed by atoms with Crippen LogP contribution in [0.5, 0.6) is 0 Å². The number of hydrogen-bond donors (Lipinski definition) is 1. The molecule has 1 aliphatic heterocycles. The highest BCUT2D eigenvalue weighted by molar-refractivity contribution is 8.00. The molecule has 0 amide bonds. The molecule has 1 fully saturated rings. The van der Waals surface area contributed by atoms with Gasteiger partial charge in [-0.3, -0.25) is 0 Å². The predicted octanol–water partition coefficient (Wildman–Crippen LogP) is 2.79. The topological polar surface area (TPSA) is 23.5 Å². The fourth-order valence-corrected chi connectivity index (χ4v) is 3.36. The molecule has 1 unspecified atom stereocenters. The van der Waals surface area contributed by atoms with E-state index in [1.54, 1.807) is 4.90 Å². The van der Waals surface area contributed by atoms with Gasteiger partial charge in [-0.2, -0.15) is 11.8 Å². The van der Waals surface area contributed by atoms with E-state index in [-0.39, 0.29) is 17.9 Å². The summed E-state index contributed by atoms with van der Waals surface area (Å²) in [6, 6.07) is 2.42. The molecule has 0 radical (unpaired) electrons. The van der Waals surface area contributed by atoms with Crippen LogP contribution in [-0.4, -0.2) is 29.2 Å². The fraction of sp³-hybridized carbons (Fsp3) is 0.538. The van der Waals surface area contributed by atoms with E-state index in [1.165, 1.54) is 12.1 Å². The molecular weight excluding hydrogens is 256 g/mol. The molecule has 1 saturated heterocycles. The van der Waals surface area contributed by atoms with Crippen LogP contribution in [0.1, 0.15) is 18.9 Å². The molecule has 100 valence electrons. The molecule has 1 atom stereocenters. The SMILES string of the molecule is CCC1CN(c2c(F)cc(CO)cc2F)CCS1. The van der Waals surface area contributed by atoms with Crippen LogP contribution >= 0.6 is 11.8 Å². The van der Waals surface area contributed by atoms with Crippen LogP contribution in [0.3, 0.4) is 0 Å². The molecular formula is C13H17F2NOS. The Labute approximate surface area is 110 Å². The lowest BCUT2D eigenvalue weighted by atomic mass is 10.1. The molecule has 5 heteroatoms. The van der Waals surface area contributed by atoms with Gasteiger partial charge in [0.25, 0.3) is 0 Å². The summed E-state index contributed by atoms with van der Waals surface area (Å²) >= 11 is 1.85. The first-order valence-corrected chi connectivity index (χ1v) is 7.16. The summed E-state index contributed by atoms with van der Waals surface area (Å²) in [5.74, 6) is -0.277. The van der Waals surface area contributed by atoms with E-state index >= 15 is 0 Å². The second kappa shape index (κ2) is 5.89. The molecule has 1 heterocycles. The molecule has 18 heavy (non-hydrogen) atoms. The third kappa shape index (κ3) is 2.78. The van der Waals surface area contributed by atoms with Crippen LogP contribution in [0.2, 0.25) is 0 Å². The lowest BCUT2D eigenvalue weighted by Gasteiger charge is -2.34. The van der Waals surface area contributed by atoms with Crippen molar-refractivity contribution in [3.63, 3.8) is 0 Å². The standard InChI is InChI=1S/C13H17F2NOS/c1-2-10-7-16(3-4-18-10)13-11(14)5-9(8-17)6-12(13)15/h5-6,10,17H,2-4,7-8H2,1H3. The molecule has 0 saturated carbocycles. The predicted molar refractivity (Wildman–Crippen MR) is 71.0 cm³/mol. The Bertz CT molecular complexity index is 404. The van der Waals surface area contributed by atoms with Gasteiger partial charge in [0, 0.05) is 24.1 Å². The van der Waals surface area contributed by atoms with Gasteiger partial charge in [0.15, 0.2) is 0 Å². The van der Waals surface area contributed by atoms with E-state index in [0.717, 1.165) is 12.2 Å². The van der Waals surface area contributed by atoms with Crippen LogP contribution in [0.15, 0.2) is 12.1 Å². The zero-order chi connectivity index (χ0) is 13.1. The first-order valence-electron chi connectivity index (χ1n) is 6.11. The number of benzene rings is 1. The Morgan fingerprint density at radius 3 is 2.61 bits per heavy atom. The normalized spacial score (nSPS) is 20.2. The smallest absolute Gasteiger partial charge is 0.149 e. The van der Waals surface area contributed by atoms with Crippen LogP contribution in [0, 0.1) is 11.6 Å². The van der Waals surface area contributed by atoms with E-state index in [0.29, 0.717) is 18.3 Å². The zero-order valence-corrected chi connectivity index (χ0v) is 11.1. The van der Waals surface area contributed by atoms with Crippen molar-refractivity contribution >= 4 is 17.4 Å². The van der Waals surface area contributed by atoms with Crippen molar-refractivity contribution in [1.29, 1.82) is 0 Å². The highest BCUT2D eigenvalue weighted by Gasteiger charge is 2.24. The summed E-state index contributed by atoms with van der Waals surface area (Å²) in [6.07, 6.45) is 0.999. The Balaban J connectivity index is 2.27. The van der Waals surface area contributed by atoms with Crippen molar-refractivity contribution in [1.82, 2.24) is 0 Å². The molecule has 0 bridgehead atoms. The van der Waals surface area contributed by atoms with Gasteiger partial charge in [0.1, 0.15) is 17.3 Å². The highest BCUT2D eigenvalue weighted by atomic mass is 32.2. The maximum absolute atomic E-state index is 13.9. The summed E-state index contributed by atoms with van der Waals surface area (Å²) in [6.45, 7) is 3.07. The third-order valence-corrected chi connectivity index (χ3v) is 4.54. The average molecular weight is 273 g/mol. The maximum atomic E-state index is 13.9. The number of aliphatic hydroxyl groups is 1. The molecule has 1 aromatic rings. The van der Waals surface area contributed by atoms with E-state index in [9.17, 15) is 8.78 Å². The van der Waals surface area contributed by atoms with Gasteiger partial charge in [-0.25, -0.2) is 8.78 Å². The summed E-state index contributed by atoms with van der Waals surface area (Å²) in [5.41, 5.74) is 0.318. The number of rotatable bonds is 3. The van der Waals surface area contributed by atoms with Crippen molar-refractivity contribution in [2.75, 3.05) is 23.7 Å². The average Bonchev–Trinajstić information content (AvgIpc) is 2.38. The number of hydrogen-bond acceptors (Lipinski definition) is 3. The fourth-order valence-electron chi connectivity index (χ4n) is 2.18. The highest BCUT2D eigenvalue weighted by Crippen LogP contribution is 2.30. The van der Waals surface area contributed by atoms with Crippen LogP contribution < -0.4 is 4.90 Å². The minimum atomic E-state index is -0.583. The van der Waals surface area contributed by atoms with Gasteiger partial charge in [0.05, 0.1) is 6.61 Å². The van der Waals surface area contributed by atoms with E-state index in [2.05, 4.69) is 6.92 Å². The summed E-state index contributed by atoms with van der Waals surface area (Å²) in [4.78, 5) is 1.77. The molecule has 2 nitrogen and oxygen atoms in total. The quantitative estimate of drug-likeness (QED) is 0.916. The molecule has 1 aromatic carbocycles. The van der Waals surface area contributed by atoms with Gasteiger partial charge in [-0.05, 0) is 24.1 Å². The molecule has 0 spiro atoms. The van der Waals surface area contributed by atoms with Gasteiger partial charge in [0.2, 0.25) is 0 Å². The van der Waals surface area contributed by atoms with Crippen molar-refractivity contribution in [3.8, 4) is 0 Å². The van der Waals surface area contributed by atoms with Gasteiger partial charge >= 0.3 is 0 Å². The van der Waals surface area contributed by atoms with Gasteiger partial charge in [-0.15, -0.1) is 0 Å². The maximum Gasteiger partial charge on any atom is 0.149 e. The third-order valence-electron chi connectivity index (χ3n) is 3.17. The first kappa shape index (κ1) is 13.6. The summed E-state index contributed by atoms with van der Waals surface area (Å²) in [7, 11) is 0. The van der Waals surface area contributed by atoms with Crippen molar-refractivity contribution in [2.45, 2.75) is 25.2 Å². The molecule has 2 rings (SSSR count). The Kier molecular flexibility index (Phi) is 4.45. The van der Waals surface area contributed by atoms with Crippen molar-refractivity contribution in [3.05, 3.63) is 29.3 Å². The molecule has 0 aromatic heterocycles. The second-order valence-electron chi connectivity index (χ2n) is 4.41. The lowest BCUT2D eigenvalue weighted by molar-refractivity contribution is 0.280. The minimum Gasteiger partial charge on any atom is -0.392 e. The van der Waals surface area contributed by atoms with Gasteiger partial charge in [-0.1, -0.05) is 6.92 Å². The largest absolute Gasteiger partial charge is 0.392 e. The Morgan fingerprint density at radius 2 is 2.06 bits per heavy atom. The monoisotopic (exact) mass is 273 g/mol. The number of anilines is 1. The molecule has 0 aliphatic carbocycles. The van der Waals surface area contributed by atoms with E-state index in [1.807, 2.05) is 11.8 Å². The molecule has 1 aliphatic rings. The van der Waals surface area contributed by atoms with Gasteiger partial charge < -0.3 is 10.0 Å². The molecule has 1 N–H and O–H groups in total. The zero-order valence-electron chi connectivity index (χ0n) is 10.3. The van der Waals surface area contributed by atoms with Crippen LogP contribution in [0.4, 0.5) is 14.5 Å². The Hall–Kier alpha value is -0.810.